The molecule has 0 saturated heterocycles. The summed E-state index contributed by atoms with van der Waals surface area (Å²) in [7, 11) is 1.79. The number of nitrogens with one attached hydrogen (secondary N) is 2. The highest BCUT2D eigenvalue weighted by Gasteiger charge is 2.30. The number of anilines is 3. The van der Waals surface area contributed by atoms with Crippen LogP contribution in [0, 0.1) is 0 Å². The molecule has 3 aromatic carbocycles. The molecule has 0 heterocycles. The van der Waals surface area contributed by atoms with Crippen molar-refractivity contribution in [2.24, 2.45) is 0 Å². The van der Waals surface area contributed by atoms with Crippen molar-refractivity contribution in [1.82, 2.24) is 0 Å². The van der Waals surface area contributed by atoms with Crippen LogP contribution in [-0.2, 0) is 11.0 Å². The number of carbonyl (C=O) groups is 2. The van der Waals surface area contributed by atoms with Gasteiger partial charge in [-0.2, -0.15) is 13.2 Å². The number of alkyl halides is 3. The lowest BCUT2D eigenvalue weighted by Crippen LogP contribution is -2.30. The van der Waals surface area contributed by atoms with Crippen molar-refractivity contribution in [3.05, 3.63) is 90.0 Å². The molecule has 2 amide bonds. The molecular weight excluding hydrogens is 407 g/mol. The zero-order valence-corrected chi connectivity index (χ0v) is 16.6. The molecule has 0 aliphatic rings. The number of para-hydroxylation sites is 1. The van der Waals surface area contributed by atoms with Gasteiger partial charge >= 0.3 is 6.18 Å². The lowest BCUT2D eigenvalue weighted by Gasteiger charge is -2.18. The first-order valence-corrected chi connectivity index (χ1v) is 9.37. The molecule has 3 rings (SSSR count). The van der Waals surface area contributed by atoms with Gasteiger partial charge in [0.1, 0.15) is 0 Å². The third-order valence-electron chi connectivity index (χ3n) is 4.43. The van der Waals surface area contributed by atoms with Crippen LogP contribution in [0.5, 0.6) is 0 Å². The zero-order chi connectivity index (χ0) is 22.4. The Morgan fingerprint density at radius 3 is 2.16 bits per heavy atom. The lowest BCUT2D eigenvalue weighted by molar-refractivity contribution is -0.137. The maximum absolute atomic E-state index is 12.8. The number of rotatable bonds is 6. The van der Waals surface area contributed by atoms with E-state index in [4.69, 9.17) is 0 Å². The standard InChI is InChI=1S/C23H20F3N3O2/c1-29(20-11-3-2-4-12-20)15-21(30)27-18-9-5-7-16(13-18)22(31)28-19-10-6-8-17(14-19)23(24,25)26/h2-14H,15H2,1H3,(H,27,30)(H,28,31). The summed E-state index contributed by atoms with van der Waals surface area (Å²) in [5.74, 6) is -0.862. The van der Waals surface area contributed by atoms with Crippen LogP contribution in [-0.4, -0.2) is 25.4 Å². The van der Waals surface area contributed by atoms with Gasteiger partial charge in [-0.3, -0.25) is 9.59 Å². The van der Waals surface area contributed by atoms with Crippen LogP contribution in [0.3, 0.4) is 0 Å². The van der Waals surface area contributed by atoms with Crippen molar-refractivity contribution in [3.63, 3.8) is 0 Å². The summed E-state index contributed by atoms with van der Waals surface area (Å²) in [4.78, 5) is 26.6. The van der Waals surface area contributed by atoms with Crippen molar-refractivity contribution >= 4 is 28.9 Å². The summed E-state index contributed by atoms with van der Waals surface area (Å²) < 4.78 is 38.5. The van der Waals surface area contributed by atoms with E-state index in [-0.39, 0.29) is 23.7 Å². The third kappa shape index (κ3) is 6.08. The second-order valence-electron chi connectivity index (χ2n) is 6.85. The molecule has 0 unspecified atom stereocenters. The highest BCUT2D eigenvalue weighted by molar-refractivity contribution is 6.05. The maximum Gasteiger partial charge on any atom is 0.416 e. The van der Waals surface area contributed by atoms with Gasteiger partial charge in [0.05, 0.1) is 12.1 Å². The topological polar surface area (TPSA) is 61.4 Å². The molecule has 5 nitrogen and oxygen atoms in total. The molecule has 160 valence electrons. The summed E-state index contributed by atoms with van der Waals surface area (Å²) in [5.41, 5.74) is 0.661. The quantitative estimate of drug-likeness (QED) is 0.580. The summed E-state index contributed by atoms with van der Waals surface area (Å²) in [5, 5.41) is 5.17. The average molecular weight is 427 g/mol. The van der Waals surface area contributed by atoms with Crippen LogP contribution in [0.4, 0.5) is 30.2 Å². The molecule has 0 atom stereocenters. The molecule has 31 heavy (non-hydrogen) atoms. The van der Waals surface area contributed by atoms with Crippen molar-refractivity contribution in [3.8, 4) is 0 Å². The van der Waals surface area contributed by atoms with Gasteiger partial charge in [0, 0.05) is 29.7 Å². The van der Waals surface area contributed by atoms with E-state index < -0.39 is 17.6 Å². The monoisotopic (exact) mass is 427 g/mol. The second-order valence-corrected chi connectivity index (χ2v) is 6.85. The number of halogens is 3. The summed E-state index contributed by atoms with van der Waals surface area (Å²) in [6.07, 6.45) is -4.50. The predicted octanol–water partition coefficient (Wildman–Crippen LogP) is 5.03. The maximum atomic E-state index is 12.8. The van der Waals surface area contributed by atoms with Gasteiger partial charge in [-0.1, -0.05) is 30.3 Å². The molecule has 0 bridgehead atoms. The minimum atomic E-state index is -4.50. The number of hydrogen-bond acceptors (Lipinski definition) is 3. The Kier molecular flexibility index (Phi) is 6.59. The van der Waals surface area contributed by atoms with E-state index in [1.54, 1.807) is 24.1 Å². The van der Waals surface area contributed by atoms with Crippen LogP contribution < -0.4 is 15.5 Å². The largest absolute Gasteiger partial charge is 0.416 e. The van der Waals surface area contributed by atoms with Gasteiger partial charge < -0.3 is 15.5 Å². The molecule has 3 aromatic rings. The minimum absolute atomic E-state index is 0.0266. The van der Waals surface area contributed by atoms with Gasteiger partial charge in [0.25, 0.3) is 5.91 Å². The second kappa shape index (κ2) is 9.34. The van der Waals surface area contributed by atoms with Gasteiger partial charge in [0.2, 0.25) is 5.91 Å². The zero-order valence-electron chi connectivity index (χ0n) is 16.6. The summed E-state index contributed by atoms with van der Waals surface area (Å²) >= 11 is 0. The smallest absolute Gasteiger partial charge is 0.365 e. The number of nitrogens with zero attached hydrogens (tertiary/aromatic N) is 1. The van der Waals surface area contributed by atoms with Gasteiger partial charge in [-0.25, -0.2) is 0 Å². The molecule has 0 spiro atoms. The van der Waals surface area contributed by atoms with E-state index in [0.717, 1.165) is 17.8 Å². The van der Waals surface area contributed by atoms with Gasteiger partial charge in [0.15, 0.2) is 0 Å². The highest BCUT2D eigenvalue weighted by atomic mass is 19.4. The van der Waals surface area contributed by atoms with E-state index in [9.17, 15) is 22.8 Å². The number of benzene rings is 3. The molecule has 0 fully saturated rings. The molecule has 0 aliphatic heterocycles. The Morgan fingerprint density at radius 2 is 1.48 bits per heavy atom. The van der Waals surface area contributed by atoms with Crippen molar-refractivity contribution < 1.29 is 22.8 Å². The minimum Gasteiger partial charge on any atom is -0.365 e. The summed E-state index contributed by atoms with van der Waals surface area (Å²) in [6.45, 7) is 0.102. The first kappa shape index (κ1) is 21.9. The molecule has 0 aromatic heterocycles. The van der Waals surface area contributed by atoms with E-state index in [1.807, 2.05) is 30.3 Å². The molecule has 2 N–H and O–H groups in total. The predicted molar refractivity (Wildman–Crippen MR) is 114 cm³/mol. The SMILES string of the molecule is CN(CC(=O)Nc1cccc(C(=O)Nc2cccc(C(F)(F)F)c2)c1)c1ccccc1. The molecular formula is C23H20F3N3O2. The molecule has 0 aliphatic carbocycles. The van der Waals surface area contributed by atoms with Crippen LogP contribution in [0.25, 0.3) is 0 Å². The fraction of sp³-hybridized carbons (Fsp3) is 0.130. The number of likely N-dealkylation sites (N-methyl/N-ethyl adjacent to an activating group) is 1. The number of hydrogen-bond donors (Lipinski definition) is 2. The first-order valence-electron chi connectivity index (χ1n) is 9.37. The number of carbonyl (C=O) groups excluding carboxylic acids is 2. The van der Waals surface area contributed by atoms with Crippen LogP contribution >= 0.6 is 0 Å². The fourth-order valence-electron chi connectivity index (χ4n) is 2.90. The van der Waals surface area contributed by atoms with Gasteiger partial charge in [-0.05, 0) is 48.5 Å². The Hall–Kier alpha value is -3.81. The first-order chi connectivity index (χ1) is 14.7. The van der Waals surface area contributed by atoms with E-state index in [1.165, 1.54) is 24.3 Å². The Bertz CT molecular complexity index is 1070. The van der Waals surface area contributed by atoms with E-state index >= 15 is 0 Å². The van der Waals surface area contributed by atoms with E-state index in [0.29, 0.717) is 5.69 Å². The molecule has 0 saturated carbocycles. The van der Waals surface area contributed by atoms with Gasteiger partial charge in [-0.15, -0.1) is 0 Å². The van der Waals surface area contributed by atoms with Crippen LogP contribution in [0.15, 0.2) is 78.9 Å². The fourth-order valence-corrected chi connectivity index (χ4v) is 2.90. The Labute approximate surface area is 177 Å². The lowest BCUT2D eigenvalue weighted by atomic mass is 10.1. The molecule has 8 heteroatoms. The van der Waals surface area contributed by atoms with Crippen molar-refractivity contribution in [2.45, 2.75) is 6.18 Å². The summed E-state index contributed by atoms with van der Waals surface area (Å²) in [6, 6.07) is 20.0. The number of amides is 2. The van der Waals surface area contributed by atoms with Crippen LogP contribution in [0.2, 0.25) is 0 Å². The Morgan fingerprint density at radius 1 is 0.839 bits per heavy atom. The average Bonchev–Trinajstić information content (AvgIpc) is 2.74. The van der Waals surface area contributed by atoms with Crippen LogP contribution in [0.1, 0.15) is 15.9 Å². The molecule has 0 radical (unpaired) electrons. The third-order valence-corrected chi connectivity index (χ3v) is 4.43. The van der Waals surface area contributed by atoms with Crippen molar-refractivity contribution in [2.75, 3.05) is 29.1 Å². The highest BCUT2D eigenvalue weighted by Crippen LogP contribution is 2.30. The Balaban J connectivity index is 1.64. The van der Waals surface area contributed by atoms with E-state index in [2.05, 4.69) is 10.6 Å². The van der Waals surface area contributed by atoms with Crippen molar-refractivity contribution in [1.29, 1.82) is 0 Å². The normalized spacial score (nSPS) is 11.0.